The summed E-state index contributed by atoms with van der Waals surface area (Å²) in [6.45, 7) is 5.30. The fraction of sp³-hybridized carbons (Fsp3) is 0.312. The summed E-state index contributed by atoms with van der Waals surface area (Å²) in [5, 5.41) is 1.07. The van der Waals surface area contributed by atoms with Crippen LogP contribution in [0, 0.1) is 0 Å². The highest BCUT2D eigenvalue weighted by atomic mass is 35.5. The van der Waals surface area contributed by atoms with Gasteiger partial charge in [-0.15, -0.1) is 11.3 Å². The molecule has 2 rings (SSSR count). The Morgan fingerprint density at radius 3 is 2.32 bits per heavy atom. The van der Waals surface area contributed by atoms with Gasteiger partial charge in [0, 0.05) is 18.1 Å². The van der Waals surface area contributed by atoms with Gasteiger partial charge in [-0.2, -0.15) is 0 Å². The molecule has 22 heavy (non-hydrogen) atoms. The summed E-state index contributed by atoms with van der Waals surface area (Å²) in [4.78, 5) is 15.2. The lowest BCUT2D eigenvalue weighted by molar-refractivity contribution is 0.0765. The SMILES string of the molecule is CCCN(CC)C(=O)c1c(Cl)sc(-c2ccc(Cl)cc2)c1Cl. The van der Waals surface area contributed by atoms with Crippen LogP contribution in [0.3, 0.4) is 0 Å². The van der Waals surface area contributed by atoms with Crippen LogP contribution in [0.4, 0.5) is 0 Å². The van der Waals surface area contributed by atoms with E-state index in [-0.39, 0.29) is 5.91 Å². The molecule has 1 aromatic carbocycles. The van der Waals surface area contributed by atoms with E-state index in [4.69, 9.17) is 34.8 Å². The van der Waals surface area contributed by atoms with Crippen molar-refractivity contribution in [2.24, 2.45) is 0 Å². The van der Waals surface area contributed by atoms with Crippen LogP contribution in [-0.4, -0.2) is 23.9 Å². The highest BCUT2D eigenvalue weighted by Crippen LogP contribution is 2.43. The third-order valence-corrected chi connectivity index (χ3v) is 5.48. The van der Waals surface area contributed by atoms with Crippen LogP contribution < -0.4 is 0 Å². The van der Waals surface area contributed by atoms with Crippen molar-refractivity contribution >= 4 is 52.0 Å². The van der Waals surface area contributed by atoms with Gasteiger partial charge in [0.2, 0.25) is 0 Å². The van der Waals surface area contributed by atoms with Gasteiger partial charge in [0.25, 0.3) is 5.91 Å². The maximum atomic E-state index is 12.6. The number of amides is 1. The van der Waals surface area contributed by atoms with Crippen LogP contribution in [0.1, 0.15) is 30.6 Å². The van der Waals surface area contributed by atoms with Gasteiger partial charge in [-0.25, -0.2) is 0 Å². The van der Waals surface area contributed by atoms with E-state index in [2.05, 4.69) is 0 Å². The minimum absolute atomic E-state index is 0.115. The lowest BCUT2D eigenvalue weighted by Gasteiger charge is -2.20. The molecule has 2 nitrogen and oxygen atoms in total. The van der Waals surface area contributed by atoms with Crippen LogP contribution in [0.25, 0.3) is 10.4 Å². The summed E-state index contributed by atoms with van der Waals surface area (Å²) in [6.07, 6.45) is 0.892. The molecule has 1 amide bonds. The van der Waals surface area contributed by atoms with E-state index in [1.54, 1.807) is 17.0 Å². The number of hydrogen-bond donors (Lipinski definition) is 0. The smallest absolute Gasteiger partial charge is 0.257 e. The van der Waals surface area contributed by atoms with Gasteiger partial charge < -0.3 is 4.90 Å². The molecule has 0 fully saturated rings. The van der Waals surface area contributed by atoms with Crippen molar-refractivity contribution in [1.82, 2.24) is 4.90 Å². The first-order valence-corrected chi connectivity index (χ1v) is 8.97. The maximum Gasteiger partial charge on any atom is 0.257 e. The van der Waals surface area contributed by atoms with E-state index in [0.29, 0.717) is 33.0 Å². The molecule has 1 heterocycles. The van der Waals surface area contributed by atoms with Crippen LogP contribution >= 0.6 is 46.1 Å². The Kier molecular flexibility index (Phi) is 6.16. The molecular formula is C16H16Cl3NOS. The van der Waals surface area contributed by atoms with E-state index in [0.717, 1.165) is 16.9 Å². The third-order valence-electron chi connectivity index (χ3n) is 3.29. The van der Waals surface area contributed by atoms with Crippen LogP contribution in [-0.2, 0) is 0 Å². The third kappa shape index (κ3) is 3.60. The normalized spacial score (nSPS) is 10.8. The molecule has 0 aliphatic heterocycles. The molecule has 0 saturated carbocycles. The standard InChI is InChI=1S/C16H16Cl3NOS/c1-3-9-20(4-2)16(21)12-13(18)14(22-15(12)19)10-5-7-11(17)8-6-10/h5-8H,3-4,9H2,1-2H3. The predicted molar refractivity (Wildman–Crippen MR) is 96.7 cm³/mol. The summed E-state index contributed by atoms with van der Waals surface area (Å²) in [7, 11) is 0. The Labute approximate surface area is 149 Å². The van der Waals surface area contributed by atoms with Crippen LogP contribution in [0.2, 0.25) is 14.4 Å². The molecule has 6 heteroatoms. The molecule has 0 bridgehead atoms. The van der Waals surface area contributed by atoms with Gasteiger partial charge in [0.05, 0.1) is 15.5 Å². The minimum atomic E-state index is -0.115. The molecular weight excluding hydrogens is 361 g/mol. The molecule has 118 valence electrons. The molecule has 0 atom stereocenters. The largest absolute Gasteiger partial charge is 0.339 e. The van der Waals surface area contributed by atoms with E-state index in [1.165, 1.54) is 11.3 Å². The van der Waals surface area contributed by atoms with E-state index in [9.17, 15) is 4.79 Å². The van der Waals surface area contributed by atoms with E-state index < -0.39 is 0 Å². The summed E-state index contributed by atoms with van der Waals surface area (Å²) < 4.78 is 0.425. The van der Waals surface area contributed by atoms with Crippen LogP contribution in [0.15, 0.2) is 24.3 Å². The highest BCUT2D eigenvalue weighted by Gasteiger charge is 2.25. The number of carbonyl (C=O) groups excluding carboxylic acids is 1. The van der Waals surface area contributed by atoms with Crippen molar-refractivity contribution < 1.29 is 4.79 Å². The fourth-order valence-corrected chi connectivity index (χ4v) is 4.13. The van der Waals surface area contributed by atoms with Crippen molar-refractivity contribution in [1.29, 1.82) is 0 Å². The van der Waals surface area contributed by atoms with Gasteiger partial charge in [0.15, 0.2) is 0 Å². The minimum Gasteiger partial charge on any atom is -0.339 e. The van der Waals surface area contributed by atoms with Gasteiger partial charge in [-0.1, -0.05) is 53.9 Å². The number of carbonyl (C=O) groups is 1. The number of nitrogens with zero attached hydrogens (tertiary/aromatic N) is 1. The first-order valence-electron chi connectivity index (χ1n) is 7.02. The highest BCUT2D eigenvalue weighted by molar-refractivity contribution is 7.20. The fourth-order valence-electron chi connectivity index (χ4n) is 2.18. The number of halogens is 3. The second kappa shape index (κ2) is 7.69. The first kappa shape index (κ1) is 17.6. The summed E-state index contributed by atoms with van der Waals surface area (Å²) in [5.74, 6) is -0.115. The maximum absolute atomic E-state index is 12.6. The molecule has 0 aliphatic rings. The van der Waals surface area contributed by atoms with Crippen LogP contribution in [0.5, 0.6) is 0 Å². The van der Waals surface area contributed by atoms with Gasteiger partial charge >= 0.3 is 0 Å². The summed E-state index contributed by atoms with van der Waals surface area (Å²) >= 11 is 20.0. The molecule has 1 aromatic heterocycles. The van der Waals surface area contributed by atoms with Gasteiger partial charge in [-0.05, 0) is 31.0 Å². The molecule has 0 aliphatic carbocycles. The van der Waals surface area contributed by atoms with Crippen molar-refractivity contribution in [2.75, 3.05) is 13.1 Å². The second-order valence-electron chi connectivity index (χ2n) is 4.79. The van der Waals surface area contributed by atoms with E-state index >= 15 is 0 Å². The number of thiophene rings is 1. The second-order valence-corrected chi connectivity index (χ2v) is 7.22. The molecule has 0 radical (unpaired) electrons. The van der Waals surface area contributed by atoms with Crippen molar-refractivity contribution in [3.8, 4) is 10.4 Å². The molecule has 0 spiro atoms. The quantitative estimate of drug-likeness (QED) is 0.604. The predicted octanol–water partition coefficient (Wildman–Crippen LogP) is 6.25. The number of hydrogen-bond acceptors (Lipinski definition) is 2. The summed E-state index contributed by atoms with van der Waals surface area (Å²) in [6, 6.07) is 7.32. The first-order chi connectivity index (χ1) is 10.5. The van der Waals surface area contributed by atoms with Crippen molar-refractivity contribution in [2.45, 2.75) is 20.3 Å². The van der Waals surface area contributed by atoms with Crippen molar-refractivity contribution in [3.05, 3.63) is 44.2 Å². The van der Waals surface area contributed by atoms with E-state index in [1.807, 2.05) is 26.0 Å². The van der Waals surface area contributed by atoms with Gasteiger partial charge in [0.1, 0.15) is 4.34 Å². The molecule has 0 unspecified atom stereocenters. The Morgan fingerprint density at radius 1 is 1.14 bits per heavy atom. The van der Waals surface area contributed by atoms with Crippen molar-refractivity contribution in [3.63, 3.8) is 0 Å². The lowest BCUT2D eigenvalue weighted by Crippen LogP contribution is -2.31. The lowest BCUT2D eigenvalue weighted by atomic mass is 10.1. The zero-order valence-electron chi connectivity index (χ0n) is 12.3. The zero-order valence-corrected chi connectivity index (χ0v) is 15.4. The zero-order chi connectivity index (χ0) is 16.3. The average Bonchev–Trinajstić information content (AvgIpc) is 2.80. The monoisotopic (exact) mass is 375 g/mol. The molecule has 2 aromatic rings. The Hall–Kier alpha value is -0.740. The molecule has 0 saturated heterocycles. The molecule has 0 N–H and O–H groups in total. The van der Waals surface area contributed by atoms with Gasteiger partial charge in [-0.3, -0.25) is 4.79 Å². The summed E-state index contributed by atoms with van der Waals surface area (Å²) in [5.41, 5.74) is 1.30. The number of benzene rings is 1. The Balaban J connectivity index is 2.42. The average molecular weight is 377 g/mol. The Morgan fingerprint density at radius 2 is 1.77 bits per heavy atom. The topological polar surface area (TPSA) is 20.3 Å². The number of rotatable bonds is 5. The Bertz CT molecular complexity index is 667.